The van der Waals surface area contributed by atoms with Gasteiger partial charge in [0.25, 0.3) is 0 Å². The number of hydrogen-bond acceptors (Lipinski definition) is 6. The molecule has 156 valence electrons. The summed E-state index contributed by atoms with van der Waals surface area (Å²) in [5.74, 6) is 1.24. The summed E-state index contributed by atoms with van der Waals surface area (Å²) in [6.07, 6.45) is 0. The first-order chi connectivity index (χ1) is 14.7. The third-order valence-electron chi connectivity index (χ3n) is 6.02. The van der Waals surface area contributed by atoms with Crippen LogP contribution in [-0.4, -0.2) is 67.1 Å². The normalized spacial score (nSPS) is 17.9. The topological polar surface area (TPSA) is 48.9 Å². The molecule has 3 heterocycles. The van der Waals surface area contributed by atoms with E-state index < -0.39 is 0 Å². The van der Waals surface area contributed by atoms with Crippen molar-refractivity contribution in [1.82, 2.24) is 14.8 Å². The maximum absolute atomic E-state index is 12.9. The van der Waals surface area contributed by atoms with Gasteiger partial charge in [-0.2, -0.15) is 0 Å². The Balaban J connectivity index is 1.13. The second kappa shape index (κ2) is 8.24. The fourth-order valence-corrected chi connectivity index (χ4v) is 5.18. The van der Waals surface area contributed by atoms with Crippen molar-refractivity contribution in [2.24, 2.45) is 5.92 Å². The Labute approximate surface area is 180 Å². The molecule has 2 aromatic carbocycles. The largest absolute Gasteiger partial charge is 0.497 e. The van der Waals surface area contributed by atoms with E-state index in [0.717, 1.165) is 66.9 Å². The summed E-state index contributed by atoms with van der Waals surface area (Å²) >= 11 is 1.66. The highest BCUT2D eigenvalue weighted by atomic mass is 32.1. The lowest BCUT2D eigenvalue weighted by Crippen LogP contribution is -2.57. The molecule has 0 saturated carbocycles. The Kier molecular flexibility index (Phi) is 5.31. The summed E-state index contributed by atoms with van der Waals surface area (Å²) in [6.45, 7) is 6.02. The van der Waals surface area contributed by atoms with Gasteiger partial charge in [-0.05, 0) is 23.8 Å². The molecular formula is C23H26N4O2S. The van der Waals surface area contributed by atoms with Crippen molar-refractivity contribution in [3.8, 4) is 5.75 Å². The molecule has 6 nitrogen and oxygen atoms in total. The van der Waals surface area contributed by atoms with Gasteiger partial charge >= 0.3 is 0 Å². The van der Waals surface area contributed by atoms with Crippen LogP contribution in [-0.2, 0) is 11.3 Å². The SMILES string of the molecule is COc1ccc2nc(N3CC(C(=O)N4CCN(Cc5ccccc5)CC4)C3)sc2c1. The minimum absolute atomic E-state index is 0.0900. The van der Waals surface area contributed by atoms with Crippen molar-refractivity contribution in [1.29, 1.82) is 0 Å². The fraction of sp³-hybridized carbons (Fsp3) is 0.391. The zero-order valence-corrected chi connectivity index (χ0v) is 18.0. The van der Waals surface area contributed by atoms with Gasteiger partial charge in [-0.1, -0.05) is 41.7 Å². The molecule has 2 aliphatic heterocycles. The van der Waals surface area contributed by atoms with Gasteiger partial charge in [0.1, 0.15) is 5.75 Å². The van der Waals surface area contributed by atoms with Crippen LogP contribution in [0.5, 0.6) is 5.75 Å². The number of benzene rings is 2. The van der Waals surface area contributed by atoms with Crippen molar-refractivity contribution in [3.63, 3.8) is 0 Å². The van der Waals surface area contributed by atoms with Crippen LogP contribution < -0.4 is 9.64 Å². The fourth-order valence-electron chi connectivity index (χ4n) is 4.17. The average molecular weight is 423 g/mol. The molecular weight excluding hydrogens is 396 g/mol. The van der Waals surface area contributed by atoms with Crippen molar-refractivity contribution in [3.05, 3.63) is 54.1 Å². The van der Waals surface area contributed by atoms with Crippen LogP contribution >= 0.6 is 11.3 Å². The molecule has 0 radical (unpaired) electrons. The predicted octanol–water partition coefficient (Wildman–Crippen LogP) is 3.09. The van der Waals surface area contributed by atoms with Crippen LogP contribution in [0.4, 0.5) is 5.13 Å². The third kappa shape index (κ3) is 3.87. The Morgan fingerprint density at radius 3 is 2.60 bits per heavy atom. The van der Waals surface area contributed by atoms with Crippen LogP contribution in [0.2, 0.25) is 0 Å². The molecule has 3 aromatic rings. The van der Waals surface area contributed by atoms with E-state index in [1.165, 1.54) is 5.56 Å². The number of carbonyl (C=O) groups is 1. The van der Waals surface area contributed by atoms with Gasteiger partial charge < -0.3 is 14.5 Å². The highest BCUT2D eigenvalue weighted by Crippen LogP contribution is 2.35. The van der Waals surface area contributed by atoms with Crippen molar-refractivity contribution in [2.45, 2.75) is 6.54 Å². The summed E-state index contributed by atoms with van der Waals surface area (Å²) in [6, 6.07) is 16.5. The summed E-state index contributed by atoms with van der Waals surface area (Å²) in [7, 11) is 1.68. The van der Waals surface area contributed by atoms with Gasteiger partial charge in [-0.25, -0.2) is 4.98 Å². The number of nitrogens with zero attached hydrogens (tertiary/aromatic N) is 4. The van der Waals surface area contributed by atoms with Gasteiger partial charge in [-0.3, -0.25) is 9.69 Å². The zero-order chi connectivity index (χ0) is 20.5. The summed E-state index contributed by atoms with van der Waals surface area (Å²) in [5.41, 5.74) is 2.32. The van der Waals surface area contributed by atoms with Gasteiger partial charge in [0.05, 0.1) is 23.2 Å². The molecule has 0 spiro atoms. The maximum atomic E-state index is 12.9. The predicted molar refractivity (Wildman–Crippen MR) is 120 cm³/mol. The molecule has 30 heavy (non-hydrogen) atoms. The van der Waals surface area contributed by atoms with Gasteiger partial charge in [-0.15, -0.1) is 0 Å². The molecule has 7 heteroatoms. The smallest absolute Gasteiger partial charge is 0.229 e. The summed E-state index contributed by atoms with van der Waals surface area (Å²) in [5, 5.41) is 0.995. The molecule has 0 atom stereocenters. The molecule has 2 fully saturated rings. The lowest BCUT2D eigenvalue weighted by atomic mass is 9.99. The number of fused-ring (bicyclic) bond motifs is 1. The molecule has 5 rings (SSSR count). The molecule has 2 saturated heterocycles. The van der Waals surface area contributed by atoms with E-state index in [2.05, 4.69) is 34.1 Å². The minimum atomic E-state index is 0.0900. The number of piperazine rings is 1. The summed E-state index contributed by atoms with van der Waals surface area (Å²) < 4.78 is 6.42. The number of thiazole rings is 1. The number of aromatic nitrogens is 1. The van der Waals surface area contributed by atoms with Crippen LogP contribution in [0.15, 0.2) is 48.5 Å². The van der Waals surface area contributed by atoms with Crippen molar-refractivity contribution >= 4 is 32.6 Å². The Morgan fingerprint density at radius 2 is 1.87 bits per heavy atom. The highest BCUT2D eigenvalue weighted by Gasteiger charge is 2.37. The number of hydrogen-bond donors (Lipinski definition) is 0. The first-order valence-electron chi connectivity index (χ1n) is 10.4. The van der Waals surface area contributed by atoms with Crippen LogP contribution in [0.1, 0.15) is 5.56 Å². The molecule has 0 bridgehead atoms. The number of ether oxygens (including phenoxy) is 1. The second-order valence-corrected chi connectivity index (χ2v) is 9.03. The second-order valence-electron chi connectivity index (χ2n) is 8.02. The molecule has 1 amide bonds. The third-order valence-corrected chi connectivity index (χ3v) is 7.10. The monoisotopic (exact) mass is 422 g/mol. The van der Waals surface area contributed by atoms with Gasteiger partial charge in [0.2, 0.25) is 5.91 Å². The van der Waals surface area contributed by atoms with E-state index in [1.807, 2.05) is 29.2 Å². The van der Waals surface area contributed by atoms with Crippen LogP contribution in [0.25, 0.3) is 10.2 Å². The van der Waals surface area contributed by atoms with Crippen LogP contribution in [0, 0.1) is 5.92 Å². The lowest BCUT2D eigenvalue weighted by molar-refractivity contribution is -0.138. The number of carbonyl (C=O) groups excluding carboxylic acids is 1. The first-order valence-corrected chi connectivity index (χ1v) is 11.3. The first kappa shape index (κ1) is 19.3. The van der Waals surface area contributed by atoms with E-state index in [0.29, 0.717) is 5.91 Å². The Morgan fingerprint density at radius 1 is 1.10 bits per heavy atom. The molecule has 0 N–H and O–H groups in total. The zero-order valence-electron chi connectivity index (χ0n) is 17.2. The molecule has 2 aliphatic rings. The Hall–Kier alpha value is -2.64. The van der Waals surface area contributed by atoms with Gasteiger partial charge in [0.15, 0.2) is 5.13 Å². The van der Waals surface area contributed by atoms with Crippen molar-refractivity contribution in [2.75, 3.05) is 51.3 Å². The highest BCUT2D eigenvalue weighted by molar-refractivity contribution is 7.22. The molecule has 0 unspecified atom stereocenters. The Bertz CT molecular complexity index is 1020. The number of rotatable bonds is 5. The standard InChI is InChI=1S/C23H26N4O2S/c1-29-19-7-8-20-21(13-19)30-23(24-20)27-15-18(16-27)22(28)26-11-9-25(10-12-26)14-17-5-3-2-4-6-17/h2-8,13,18H,9-12,14-16H2,1H3. The lowest BCUT2D eigenvalue weighted by Gasteiger charge is -2.42. The number of anilines is 1. The number of amides is 1. The van der Waals surface area contributed by atoms with Crippen molar-refractivity contribution < 1.29 is 9.53 Å². The quantitative estimate of drug-likeness (QED) is 0.632. The van der Waals surface area contributed by atoms with E-state index in [9.17, 15) is 4.79 Å². The molecule has 1 aromatic heterocycles. The maximum Gasteiger partial charge on any atom is 0.229 e. The average Bonchev–Trinajstić information content (AvgIpc) is 3.16. The van der Waals surface area contributed by atoms with E-state index >= 15 is 0 Å². The van der Waals surface area contributed by atoms with E-state index in [4.69, 9.17) is 9.72 Å². The van der Waals surface area contributed by atoms with Gasteiger partial charge in [0, 0.05) is 45.8 Å². The van der Waals surface area contributed by atoms with E-state index in [1.54, 1.807) is 18.4 Å². The van der Waals surface area contributed by atoms with E-state index in [-0.39, 0.29) is 5.92 Å². The molecule has 0 aliphatic carbocycles. The summed E-state index contributed by atoms with van der Waals surface area (Å²) in [4.78, 5) is 24.3. The van der Waals surface area contributed by atoms with Crippen LogP contribution in [0.3, 0.4) is 0 Å². The minimum Gasteiger partial charge on any atom is -0.497 e. The number of methoxy groups -OCH3 is 1.